The van der Waals surface area contributed by atoms with Gasteiger partial charge in [-0.1, -0.05) is 0 Å². The van der Waals surface area contributed by atoms with E-state index in [1.54, 1.807) is 24.5 Å². The van der Waals surface area contributed by atoms with Crippen LogP contribution in [0.1, 0.15) is 11.6 Å². The van der Waals surface area contributed by atoms with Crippen LogP contribution in [-0.2, 0) is 0 Å². The fraction of sp³-hybridized carbons (Fsp3) is 0.154. The van der Waals surface area contributed by atoms with Crippen LogP contribution in [0, 0.1) is 10.1 Å². The van der Waals surface area contributed by atoms with Crippen LogP contribution in [0.5, 0.6) is 0 Å². The lowest BCUT2D eigenvalue weighted by molar-refractivity contribution is -0.384. The molecule has 3 rings (SSSR count). The summed E-state index contributed by atoms with van der Waals surface area (Å²) in [6.07, 6.45) is 3.56. The van der Waals surface area contributed by atoms with Crippen LogP contribution in [0.2, 0.25) is 0 Å². The lowest BCUT2D eigenvalue weighted by atomic mass is 10.2. The predicted molar refractivity (Wildman–Crippen MR) is 67.4 cm³/mol. The molecule has 0 N–H and O–H groups in total. The number of nitrogens with zero attached hydrogens (tertiary/aromatic N) is 3. The van der Waals surface area contributed by atoms with Crippen molar-refractivity contribution in [3.63, 3.8) is 0 Å². The summed E-state index contributed by atoms with van der Waals surface area (Å²) in [4.78, 5) is 16.4. The standard InChI is InChI=1S/C13H11N3O2/c17-16(18)12-3-1-11(2-4-12)15-9-13(15)10-5-7-14-8-6-10/h1-8,13H,9H2. The fourth-order valence-electron chi connectivity index (χ4n) is 2.06. The minimum absolute atomic E-state index is 0.126. The van der Waals surface area contributed by atoms with Gasteiger partial charge in [-0.05, 0) is 29.8 Å². The molecule has 1 aliphatic heterocycles. The van der Waals surface area contributed by atoms with E-state index in [2.05, 4.69) is 9.88 Å². The Morgan fingerprint density at radius 1 is 1.17 bits per heavy atom. The van der Waals surface area contributed by atoms with E-state index >= 15 is 0 Å². The largest absolute Gasteiger partial charge is 0.360 e. The van der Waals surface area contributed by atoms with Crippen molar-refractivity contribution in [1.82, 2.24) is 4.98 Å². The van der Waals surface area contributed by atoms with Gasteiger partial charge in [-0.2, -0.15) is 0 Å². The summed E-state index contributed by atoms with van der Waals surface area (Å²) in [7, 11) is 0. The molecule has 1 saturated heterocycles. The summed E-state index contributed by atoms with van der Waals surface area (Å²) in [5, 5.41) is 10.6. The highest BCUT2D eigenvalue weighted by molar-refractivity contribution is 5.58. The molecule has 0 saturated carbocycles. The number of anilines is 1. The number of pyridine rings is 1. The Bertz CT molecular complexity index is 569. The molecule has 2 aromatic rings. The highest BCUT2D eigenvalue weighted by Gasteiger charge is 2.35. The van der Waals surface area contributed by atoms with Crippen LogP contribution in [0.4, 0.5) is 11.4 Å². The Hall–Kier alpha value is -2.43. The second kappa shape index (κ2) is 4.10. The molecule has 1 aliphatic rings. The molecular formula is C13H11N3O2. The first-order chi connectivity index (χ1) is 8.75. The summed E-state index contributed by atoms with van der Waals surface area (Å²) in [6.45, 7) is 0.946. The third kappa shape index (κ3) is 1.90. The molecule has 0 amide bonds. The number of hydrogen-bond acceptors (Lipinski definition) is 4. The summed E-state index contributed by atoms with van der Waals surface area (Å²) >= 11 is 0. The van der Waals surface area contributed by atoms with Crippen molar-refractivity contribution in [2.45, 2.75) is 6.04 Å². The smallest absolute Gasteiger partial charge is 0.269 e. The van der Waals surface area contributed by atoms with Crippen molar-refractivity contribution in [1.29, 1.82) is 0 Å². The maximum Gasteiger partial charge on any atom is 0.269 e. The SMILES string of the molecule is O=[N+]([O-])c1ccc(N2CC2c2ccncc2)cc1. The third-order valence-corrected chi connectivity index (χ3v) is 3.10. The van der Waals surface area contributed by atoms with Crippen molar-refractivity contribution < 1.29 is 4.92 Å². The zero-order valence-corrected chi connectivity index (χ0v) is 9.56. The van der Waals surface area contributed by atoms with E-state index in [0.29, 0.717) is 6.04 Å². The van der Waals surface area contributed by atoms with Crippen LogP contribution < -0.4 is 4.90 Å². The van der Waals surface area contributed by atoms with Gasteiger partial charge in [-0.25, -0.2) is 0 Å². The van der Waals surface area contributed by atoms with Crippen molar-refractivity contribution >= 4 is 11.4 Å². The van der Waals surface area contributed by atoms with Gasteiger partial charge in [-0.15, -0.1) is 0 Å². The van der Waals surface area contributed by atoms with E-state index in [4.69, 9.17) is 0 Å². The molecule has 0 radical (unpaired) electrons. The van der Waals surface area contributed by atoms with Gasteiger partial charge in [0.15, 0.2) is 0 Å². The number of aromatic nitrogens is 1. The van der Waals surface area contributed by atoms with E-state index in [0.717, 1.165) is 12.2 Å². The molecule has 90 valence electrons. The van der Waals surface area contributed by atoms with Crippen LogP contribution in [0.25, 0.3) is 0 Å². The second-order valence-electron chi connectivity index (χ2n) is 4.22. The lowest BCUT2D eigenvalue weighted by Crippen LogP contribution is -1.95. The van der Waals surface area contributed by atoms with Crippen molar-refractivity contribution in [2.75, 3.05) is 11.4 Å². The average molecular weight is 241 g/mol. The Morgan fingerprint density at radius 3 is 2.44 bits per heavy atom. The van der Waals surface area contributed by atoms with E-state index in [-0.39, 0.29) is 10.6 Å². The van der Waals surface area contributed by atoms with Gasteiger partial charge >= 0.3 is 0 Å². The Balaban J connectivity index is 1.77. The quantitative estimate of drug-likeness (QED) is 0.470. The van der Waals surface area contributed by atoms with Crippen molar-refractivity contribution in [3.05, 3.63) is 64.5 Å². The molecule has 18 heavy (non-hydrogen) atoms. The molecule has 2 heterocycles. The Kier molecular flexibility index (Phi) is 2.44. The van der Waals surface area contributed by atoms with Gasteiger partial charge in [0.1, 0.15) is 0 Å². The zero-order valence-electron chi connectivity index (χ0n) is 9.56. The van der Waals surface area contributed by atoms with E-state index in [9.17, 15) is 10.1 Å². The van der Waals surface area contributed by atoms with Gasteiger partial charge in [0, 0.05) is 36.8 Å². The second-order valence-corrected chi connectivity index (χ2v) is 4.22. The minimum Gasteiger partial charge on any atom is -0.360 e. The van der Waals surface area contributed by atoms with E-state index in [1.807, 2.05) is 12.1 Å². The Labute approximate surface area is 104 Å². The maximum absolute atomic E-state index is 10.6. The number of rotatable bonds is 3. The molecule has 0 aliphatic carbocycles. The first-order valence-electron chi connectivity index (χ1n) is 5.67. The first kappa shape index (κ1) is 10.7. The fourth-order valence-corrected chi connectivity index (χ4v) is 2.06. The normalized spacial score (nSPS) is 17.6. The lowest BCUT2D eigenvalue weighted by Gasteiger charge is -2.05. The molecule has 1 atom stereocenters. The molecule has 1 aromatic carbocycles. The zero-order chi connectivity index (χ0) is 12.5. The van der Waals surface area contributed by atoms with Crippen LogP contribution >= 0.6 is 0 Å². The summed E-state index contributed by atoms with van der Waals surface area (Å²) in [5.41, 5.74) is 2.37. The van der Waals surface area contributed by atoms with Gasteiger partial charge in [-0.3, -0.25) is 15.1 Å². The molecule has 1 unspecified atom stereocenters. The molecular weight excluding hydrogens is 230 g/mol. The van der Waals surface area contributed by atoms with Gasteiger partial charge in [0.05, 0.1) is 11.0 Å². The van der Waals surface area contributed by atoms with Crippen LogP contribution in [0.3, 0.4) is 0 Å². The number of nitro groups is 1. The molecule has 1 aromatic heterocycles. The molecule has 0 bridgehead atoms. The van der Waals surface area contributed by atoms with Gasteiger partial charge in [0.2, 0.25) is 0 Å². The maximum atomic E-state index is 10.6. The van der Waals surface area contributed by atoms with E-state index < -0.39 is 0 Å². The highest BCUT2D eigenvalue weighted by atomic mass is 16.6. The Morgan fingerprint density at radius 2 is 1.83 bits per heavy atom. The van der Waals surface area contributed by atoms with E-state index in [1.165, 1.54) is 17.7 Å². The summed E-state index contributed by atoms with van der Waals surface area (Å²) in [6, 6.07) is 11.0. The third-order valence-electron chi connectivity index (χ3n) is 3.10. The van der Waals surface area contributed by atoms with Crippen LogP contribution in [-0.4, -0.2) is 16.5 Å². The summed E-state index contributed by atoms with van der Waals surface area (Å²) in [5.74, 6) is 0. The van der Waals surface area contributed by atoms with Crippen LogP contribution in [0.15, 0.2) is 48.8 Å². The minimum atomic E-state index is -0.383. The molecule has 5 heteroatoms. The summed E-state index contributed by atoms with van der Waals surface area (Å²) < 4.78 is 0. The first-order valence-corrected chi connectivity index (χ1v) is 5.67. The number of benzene rings is 1. The number of non-ortho nitro benzene ring substituents is 1. The van der Waals surface area contributed by atoms with Gasteiger partial charge < -0.3 is 4.90 Å². The topological polar surface area (TPSA) is 59.0 Å². The molecule has 0 spiro atoms. The highest BCUT2D eigenvalue weighted by Crippen LogP contribution is 2.39. The molecule has 1 fully saturated rings. The average Bonchev–Trinajstić information content (AvgIpc) is 3.20. The number of nitro benzene ring substituents is 1. The predicted octanol–water partition coefficient (Wildman–Crippen LogP) is 2.55. The van der Waals surface area contributed by atoms with Crippen molar-refractivity contribution in [3.8, 4) is 0 Å². The van der Waals surface area contributed by atoms with Gasteiger partial charge in [0.25, 0.3) is 5.69 Å². The molecule has 5 nitrogen and oxygen atoms in total. The van der Waals surface area contributed by atoms with Crippen molar-refractivity contribution in [2.24, 2.45) is 0 Å². The monoisotopic (exact) mass is 241 g/mol. The number of hydrogen-bond donors (Lipinski definition) is 0.